The summed E-state index contributed by atoms with van der Waals surface area (Å²) in [5, 5.41) is 12.9. The van der Waals surface area contributed by atoms with Crippen LogP contribution >= 0.6 is 0 Å². The van der Waals surface area contributed by atoms with Gasteiger partial charge in [-0.25, -0.2) is 0 Å². The lowest BCUT2D eigenvalue weighted by atomic mass is 9.94. The van der Waals surface area contributed by atoms with Gasteiger partial charge < -0.3 is 14.8 Å². The largest absolute Gasteiger partial charge is 0.463 e. The monoisotopic (exact) mass is 261 g/mol. The fourth-order valence-electron chi connectivity index (χ4n) is 2.07. The predicted octanol–water partition coefficient (Wildman–Crippen LogP) is 2.71. The molecule has 0 unspecified atom stereocenters. The van der Waals surface area contributed by atoms with Crippen LogP contribution in [0, 0.1) is 0 Å². The molecule has 1 aromatic heterocycles. The maximum atomic E-state index is 12.3. The Kier molecular flexibility index (Phi) is 3.90. The summed E-state index contributed by atoms with van der Waals surface area (Å²) in [6.07, 6.45) is 2.77. The topological polar surface area (TPSA) is 62.5 Å². The van der Waals surface area contributed by atoms with Crippen molar-refractivity contribution in [2.45, 2.75) is 32.2 Å². The maximum Gasteiger partial charge on any atom is 0.255 e. The molecular formula is C15H19NO3. The summed E-state index contributed by atoms with van der Waals surface area (Å²) in [5.74, 6) is -0.164. The highest BCUT2D eigenvalue weighted by molar-refractivity contribution is 6.06. The molecule has 0 saturated carbocycles. The minimum atomic E-state index is -0.399. The molecule has 0 saturated heterocycles. The number of hydrogen-bond acceptors (Lipinski definition) is 3. The van der Waals surface area contributed by atoms with E-state index in [0.717, 1.165) is 11.8 Å². The third kappa shape index (κ3) is 2.79. The molecule has 2 rings (SSSR count). The Bertz CT molecular complexity index is 576. The third-order valence-corrected chi connectivity index (χ3v) is 3.58. The Hall–Kier alpha value is -1.81. The van der Waals surface area contributed by atoms with Crippen LogP contribution in [-0.2, 0) is 0 Å². The molecule has 0 bridgehead atoms. The van der Waals surface area contributed by atoms with E-state index in [1.807, 2.05) is 38.1 Å². The highest BCUT2D eigenvalue weighted by atomic mass is 16.3. The molecule has 0 aliphatic rings. The number of carbonyl (C=O) groups is 1. The van der Waals surface area contributed by atoms with Crippen LogP contribution in [0.15, 0.2) is 34.9 Å². The van der Waals surface area contributed by atoms with Gasteiger partial charge in [-0.1, -0.05) is 25.1 Å². The van der Waals surface area contributed by atoms with Crippen molar-refractivity contribution in [3.05, 3.63) is 36.1 Å². The first-order valence-electron chi connectivity index (χ1n) is 6.49. The van der Waals surface area contributed by atoms with Crippen LogP contribution in [0.2, 0.25) is 0 Å². The molecule has 19 heavy (non-hydrogen) atoms. The quantitative estimate of drug-likeness (QED) is 0.869. The van der Waals surface area contributed by atoms with Crippen molar-refractivity contribution in [2.75, 3.05) is 6.61 Å². The number of para-hydroxylation sites is 1. The molecule has 2 aromatic rings. The van der Waals surface area contributed by atoms with Gasteiger partial charge in [0.15, 0.2) is 0 Å². The van der Waals surface area contributed by atoms with E-state index in [4.69, 9.17) is 9.52 Å². The number of nitrogens with one attached hydrogen (secondary N) is 1. The Morgan fingerprint density at radius 1 is 1.42 bits per heavy atom. The molecular weight excluding hydrogens is 242 g/mol. The smallest absolute Gasteiger partial charge is 0.255 e. The van der Waals surface area contributed by atoms with Gasteiger partial charge in [-0.15, -0.1) is 0 Å². The fraction of sp³-hybridized carbons (Fsp3) is 0.400. The summed E-state index contributed by atoms with van der Waals surface area (Å²) in [6.45, 7) is 3.98. The minimum absolute atomic E-state index is 0.0523. The second kappa shape index (κ2) is 5.45. The number of fused-ring (bicyclic) bond motifs is 1. The number of amides is 1. The summed E-state index contributed by atoms with van der Waals surface area (Å²) < 4.78 is 5.37. The summed E-state index contributed by atoms with van der Waals surface area (Å²) in [5.41, 5.74) is 0.839. The zero-order chi connectivity index (χ0) is 13.9. The first kappa shape index (κ1) is 13.6. The predicted molar refractivity (Wildman–Crippen MR) is 74.1 cm³/mol. The lowest BCUT2D eigenvalue weighted by Crippen LogP contribution is -2.46. The van der Waals surface area contributed by atoms with Crippen molar-refractivity contribution < 1.29 is 14.3 Å². The van der Waals surface area contributed by atoms with E-state index in [9.17, 15) is 4.79 Å². The Morgan fingerprint density at radius 2 is 2.16 bits per heavy atom. The number of hydrogen-bond donors (Lipinski definition) is 2. The number of aliphatic hydroxyl groups excluding tert-OH is 1. The van der Waals surface area contributed by atoms with Gasteiger partial charge in [-0.2, -0.15) is 0 Å². The molecule has 1 amide bonds. The number of carbonyl (C=O) groups excluding carboxylic acids is 1. The van der Waals surface area contributed by atoms with Gasteiger partial charge in [-0.3, -0.25) is 4.79 Å². The molecule has 2 N–H and O–H groups in total. The Morgan fingerprint density at radius 3 is 2.84 bits per heavy atom. The fourth-order valence-corrected chi connectivity index (χ4v) is 2.07. The molecule has 4 nitrogen and oxygen atoms in total. The second-order valence-electron chi connectivity index (χ2n) is 4.99. The normalized spacial score (nSPS) is 14.3. The lowest BCUT2D eigenvalue weighted by molar-refractivity contribution is 0.0887. The molecule has 0 fully saturated rings. The van der Waals surface area contributed by atoms with Crippen molar-refractivity contribution in [3.8, 4) is 0 Å². The van der Waals surface area contributed by atoms with Gasteiger partial charge in [0, 0.05) is 17.5 Å². The van der Waals surface area contributed by atoms with Gasteiger partial charge in [0.1, 0.15) is 11.8 Å². The number of benzene rings is 1. The molecule has 0 aliphatic carbocycles. The molecule has 102 valence electrons. The van der Waals surface area contributed by atoms with E-state index in [1.54, 1.807) is 0 Å². The molecule has 0 spiro atoms. The van der Waals surface area contributed by atoms with Crippen molar-refractivity contribution in [1.82, 2.24) is 5.32 Å². The summed E-state index contributed by atoms with van der Waals surface area (Å²) in [7, 11) is 0. The standard InChI is InChI=1S/C15H19NO3/c1-3-15(2,8-9-17)16-14(18)12-10-19-13-7-5-4-6-11(12)13/h4-7,10,17H,3,8-9H2,1-2H3,(H,16,18)/t15-/m1/s1. The summed E-state index contributed by atoms with van der Waals surface area (Å²) >= 11 is 0. The van der Waals surface area contributed by atoms with E-state index < -0.39 is 5.54 Å². The van der Waals surface area contributed by atoms with Crippen LogP contribution < -0.4 is 5.32 Å². The van der Waals surface area contributed by atoms with Crippen molar-refractivity contribution in [2.24, 2.45) is 0 Å². The Balaban J connectivity index is 2.24. The van der Waals surface area contributed by atoms with Crippen LogP contribution in [0.25, 0.3) is 11.0 Å². The average Bonchev–Trinajstić information content (AvgIpc) is 2.83. The van der Waals surface area contributed by atoms with Gasteiger partial charge in [-0.05, 0) is 25.8 Å². The molecule has 0 radical (unpaired) electrons. The van der Waals surface area contributed by atoms with E-state index in [0.29, 0.717) is 17.6 Å². The highest BCUT2D eigenvalue weighted by Crippen LogP contribution is 2.22. The van der Waals surface area contributed by atoms with E-state index in [2.05, 4.69) is 5.32 Å². The first-order valence-corrected chi connectivity index (χ1v) is 6.49. The second-order valence-corrected chi connectivity index (χ2v) is 4.99. The molecule has 1 heterocycles. The highest BCUT2D eigenvalue weighted by Gasteiger charge is 2.25. The van der Waals surface area contributed by atoms with Crippen LogP contribution in [0.3, 0.4) is 0 Å². The number of rotatable bonds is 5. The number of aliphatic hydroxyl groups is 1. The Labute approximate surface area is 112 Å². The van der Waals surface area contributed by atoms with Crippen molar-refractivity contribution >= 4 is 16.9 Å². The van der Waals surface area contributed by atoms with Gasteiger partial charge >= 0.3 is 0 Å². The SMILES string of the molecule is CC[C@](C)(CCO)NC(=O)c1coc2ccccc12. The van der Waals surface area contributed by atoms with E-state index >= 15 is 0 Å². The number of furan rings is 1. The lowest BCUT2D eigenvalue weighted by Gasteiger charge is -2.28. The van der Waals surface area contributed by atoms with Gasteiger partial charge in [0.05, 0.1) is 5.56 Å². The minimum Gasteiger partial charge on any atom is -0.463 e. The van der Waals surface area contributed by atoms with Crippen molar-refractivity contribution in [3.63, 3.8) is 0 Å². The van der Waals surface area contributed by atoms with Gasteiger partial charge in [0.25, 0.3) is 5.91 Å². The molecule has 1 aromatic carbocycles. The average molecular weight is 261 g/mol. The van der Waals surface area contributed by atoms with E-state index in [1.165, 1.54) is 6.26 Å². The molecule has 1 atom stereocenters. The molecule has 4 heteroatoms. The van der Waals surface area contributed by atoms with Crippen LogP contribution in [0.4, 0.5) is 0 Å². The first-order chi connectivity index (χ1) is 9.09. The van der Waals surface area contributed by atoms with Crippen LogP contribution in [0.5, 0.6) is 0 Å². The zero-order valence-electron chi connectivity index (χ0n) is 11.3. The van der Waals surface area contributed by atoms with Gasteiger partial charge in [0.2, 0.25) is 0 Å². The molecule has 0 aliphatic heterocycles. The van der Waals surface area contributed by atoms with Crippen LogP contribution in [-0.4, -0.2) is 23.2 Å². The van der Waals surface area contributed by atoms with Crippen LogP contribution in [0.1, 0.15) is 37.0 Å². The summed E-state index contributed by atoms with van der Waals surface area (Å²) in [6, 6.07) is 7.44. The third-order valence-electron chi connectivity index (χ3n) is 3.58. The van der Waals surface area contributed by atoms with E-state index in [-0.39, 0.29) is 12.5 Å². The summed E-state index contributed by atoms with van der Waals surface area (Å²) in [4.78, 5) is 12.3. The maximum absolute atomic E-state index is 12.3. The zero-order valence-corrected chi connectivity index (χ0v) is 11.3. The van der Waals surface area contributed by atoms with Crippen molar-refractivity contribution in [1.29, 1.82) is 0 Å².